The maximum atomic E-state index is 13.7. The van der Waals surface area contributed by atoms with Gasteiger partial charge in [0, 0.05) is 37.7 Å². The van der Waals surface area contributed by atoms with Gasteiger partial charge in [0.2, 0.25) is 5.91 Å². The maximum Gasteiger partial charge on any atom is 0.252 e. The molecule has 0 aliphatic carbocycles. The number of aryl methyl sites for hydroxylation is 1. The highest BCUT2D eigenvalue weighted by atomic mass is 32.2. The second kappa shape index (κ2) is 10.5. The SMILES string of the molecule is COc1cccc(CN(CC2CCCO2)C(=O)C2CCCN(S(=O)(=O)c3ccc(C)s3)C2)c1. The van der Waals surface area contributed by atoms with Crippen molar-refractivity contribution in [3.05, 3.63) is 46.8 Å². The molecule has 1 aromatic heterocycles. The molecule has 0 radical (unpaired) electrons. The third-order valence-electron chi connectivity index (χ3n) is 6.31. The minimum Gasteiger partial charge on any atom is -0.497 e. The first kappa shape index (κ1) is 24.2. The van der Waals surface area contributed by atoms with E-state index in [1.54, 1.807) is 13.2 Å². The number of hydrogen-bond acceptors (Lipinski definition) is 6. The first-order valence-electron chi connectivity index (χ1n) is 11.5. The van der Waals surface area contributed by atoms with Crippen LogP contribution in [0.15, 0.2) is 40.6 Å². The van der Waals surface area contributed by atoms with E-state index >= 15 is 0 Å². The van der Waals surface area contributed by atoms with Crippen molar-refractivity contribution in [3.8, 4) is 5.75 Å². The van der Waals surface area contributed by atoms with Crippen molar-refractivity contribution in [2.75, 3.05) is 33.4 Å². The lowest BCUT2D eigenvalue weighted by Gasteiger charge is -2.35. The predicted molar refractivity (Wildman–Crippen MR) is 128 cm³/mol. The lowest BCUT2D eigenvalue weighted by Crippen LogP contribution is -2.47. The Kier molecular flexibility index (Phi) is 7.73. The maximum absolute atomic E-state index is 13.7. The van der Waals surface area contributed by atoms with Crippen LogP contribution < -0.4 is 4.74 Å². The van der Waals surface area contributed by atoms with Crippen molar-refractivity contribution in [1.29, 1.82) is 0 Å². The van der Waals surface area contributed by atoms with Crippen LogP contribution in [-0.4, -0.2) is 63.0 Å². The summed E-state index contributed by atoms with van der Waals surface area (Å²) in [5, 5.41) is 0. The summed E-state index contributed by atoms with van der Waals surface area (Å²) >= 11 is 1.28. The molecule has 2 aromatic rings. The van der Waals surface area contributed by atoms with Crippen LogP contribution in [0.3, 0.4) is 0 Å². The number of nitrogens with zero attached hydrogens (tertiary/aromatic N) is 2. The third kappa shape index (κ3) is 5.77. The number of piperidine rings is 1. The van der Waals surface area contributed by atoms with Gasteiger partial charge in [-0.15, -0.1) is 11.3 Å². The Hall–Kier alpha value is -1.94. The fourth-order valence-electron chi connectivity index (χ4n) is 4.56. The Bertz CT molecular complexity index is 1060. The molecule has 180 valence electrons. The molecule has 0 N–H and O–H groups in total. The van der Waals surface area contributed by atoms with E-state index in [0.29, 0.717) is 36.7 Å². The summed E-state index contributed by atoms with van der Waals surface area (Å²) in [7, 11) is -1.96. The molecule has 33 heavy (non-hydrogen) atoms. The number of thiophene rings is 1. The quantitative estimate of drug-likeness (QED) is 0.562. The van der Waals surface area contributed by atoms with E-state index < -0.39 is 10.0 Å². The van der Waals surface area contributed by atoms with Crippen LogP contribution in [0.1, 0.15) is 36.1 Å². The third-order valence-corrected chi connectivity index (χ3v) is 9.64. The van der Waals surface area contributed by atoms with Gasteiger partial charge in [0.1, 0.15) is 9.96 Å². The van der Waals surface area contributed by atoms with E-state index in [1.807, 2.05) is 42.2 Å². The summed E-state index contributed by atoms with van der Waals surface area (Å²) in [6.07, 6.45) is 3.32. The molecule has 9 heteroatoms. The normalized spacial score (nSPS) is 21.8. The van der Waals surface area contributed by atoms with Crippen molar-refractivity contribution >= 4 is 27.3 Å². The summed E-state index contributed by atoms with van der Waals surface area (Å²) in [5.74, 6) is 0.385. The van der Waals surface area contributed by atoms with Crippen LogP contribution in [0.5, 0.6) is 5.75 Å². The fourth-order valence-corrected chi connectivity index (χ4v) is 7.52. The number of ether oxygens (including phenoxy) is 2. The molecule has 2 aliphatic heterocycles. The van der Waals surface area contributed by atoms with Crippen molar-refractivity contribution in [3.63, 3.8) is 0 Å². The molecule has 1 amide bonds. The van der Waals surface area contributed by atoms with Gasteiger partial charge in [-0.25, -0.2) is 8.42 Å². The van der Waals surface area contributed by atoms with Gasteiger partial charge in [-0.1, -0.05) is 12.1 Å². The van der Waals surface area contributed by atoms with Crippen molar-refractivity contribution in [2.45, 2.75) is 49.5 Å². The molecule has 2 saturated heterocycles. The minimum absolute atomic E-state index is 0.00409. The van der Waals surface area contributed by atoms with Gasteiger partial charge < -0.3 is 14.4 Å². The van der Waals surface area contributed by atoms with Gasteiger partial charge >= 0.3 is 0 Å². The Balaban J connectivity index is 1.51. The molecular formula is C24H32N2O5S2. The molecule has 2 aliphatic rings. The van der Waals surface area contributed by atoms with Gasteiger partial charge in [-0.2, -0.15) is 4.31 Å². The molecule has 3 heterocycles. The molecule has 2 atom stereocenters. The molecule has 4 rings (SSSR count). The monoisotopic (exact) mass is 492 g/mol. The topological polar surface area (TPSA) is 76.2 Å². The van der Waals surface area contributed by atoms with Crippen LogP contribution in [0.4, 0.5) is 0 Å². The molecule has 0 saturated carbocycles. The Morgan fingerprint density at radius 1 is 1.24 bits per heavy atom. The molecule has 1 aromatic carbocycles. The van der Waals surface area contributed by atoms with Crippen molar-refractivity contribution in [2.24, 2.45) is 5.92 Å². The molecule has 2 fully saturated rings. The summed E-state index contributed by atoms with van der Waals surface area (Å²) < 4.78 is 39.3. The molecule has 0 bridgehead atoms. The largest absolute Gasteiger partial charge is 0.497 e. The van der Waals surface area contributed by atoms with Crippen molar-refractivity contribution < 1.29 is 22.7 Å². The summed E-state index contributed by atoms with van der Waals surface area (Å²) in [5.41, 5.74) is 0.982. The van der Waals surface area contributed by atoms with Gasteiger partial charge in [-0.05, 0) is 62.4 Å². The van der Waals surface area contributed by atoms with Crippen LogP contribution in [-0.2, 0) is 26.1 Å². The van der Waals surface area contributed by atoms with Crippen molar-refractivity contribution in [1.82, 2.24) is 9.21 Å². The van der Waals surface area contributed by atoms with Crippen LogP contribution in [0, 0.1) is 12.8 Å². The van der Waals surface area contributed by atoms with E-state index in [-0.39, 0.29) is 24.5 Å². The van der Waals surface area contributed by atoms with E-state index in [0.717, 1.165) is 35.6 Å². The standard InChI is InChI=1S/C24H32N2O5S2/c1-18-10-11-23(32-18)33(28,29)26-12-4-7-20(16-26)24(27)25(17-22-9-5-13-31-22)15-19-6-3-8-21(14-19)30-2/h3,6,8,10-11,14,20,22H,4-5,7,9,12-13,15-17H2,1-2H3. The molecular weight excluding hydrogens is 460 g/mol. The van der Waals surface area contributed by atoms with Crippen LogP contribution in [0.2, 0.25) is 0 Å². The Labute approximate surface area is 200 Å². The van der Waals surface area contributed by atoms with Crippen LogP contribution in [0.25, 0.3) is 0 Å². The zero-order valence-corrected chi connectivity index (χ0v) is 20.9. The number of carbonyl (C=O) groups is 1. The minimum atomic E-state index is -3.58. The summed E-state index contributed by atoms with van der Waals surface area (Å²) in [6, 6.07) is 11.2. The average Bonchev–Trinajstić information content (AvgIpc) is 3.50. The number of rotatable bonds is 8. The second-order valence-corrected chi connectivity index (χ2v) is 12.2. The number of benzene rings is 1. The lowest BCUT2D eigenvalue weighted by molar-refractivity contribution is -0.139. The number of carbonyl (C=O) groups excluding carboxylic acids is 1. The Morgan fingerprint density at radius 2 is 2.09 bits per heavy atom. The molecule has 2 unspecified atom stereocenters. The molecule has 7 nitrogen and oxygen atoms in total. The molecule has 0 spiro atoms. The first-order valence-corrected chi connectivity index (χ1v) is 13.7. The van der Waals surface area contributed by atoms with E-state index in [9.17, 15) is 13.2 Å². The number of amides is 1. The zero-order valence-electron chi connectivity index (χ0n) is 19.2. The van der Waals surface area contributed by atoms with E-state index in [1.165, 1.54) is 15.6 Å². The van der Waals surface area contributed by atoms with E-state index in [2.05, 4.69) is 0 Å². The van der Waals surface area contributed by atoms with Gasteiger partial charge in [0.25, 0.3) is 10.0 Å². The van der Waals surface area contributed by atoms with Gasteiger partial charge in [0.05, 0.1) is 19.1 Å². The number of sulfonamides is 1. The average molecular weight is 493 g/mol. The number of methoxy groups -OCH3 is 1. The highest BCUT2D eigenvalue weighted by molar-refractivity contribution is 7.91. The lowest BCUT2D eigenvalue weighted by atomic mass is 9.97. The Morgan fingerprint density at radius 3 is 2.79 bits per heavy atom. The predicted octanol–water partition coefficient (Wildman–Crippen LogP) is 3.67. The van der Waals surface area contributed by atoms with Gasteiger partial charge in [0.15, 0.2) is 0 Å². The highest BCUT2D eigenvalue weighted by Gasteiger charge is 2.36. The highest BCUT2D eigenvalue weighted by Crippen LogP contribution is 2.29. The van der Waals surface area contributed by atoms with Crippen LogP contribution >= 0.6 is 11.3 Å². The number of hydrogen-bond donors (Lipinski definition) is 0. The summed E-state index contributed by atoms with van der Waals surface area (Å²) in [6.45, 7) is 4.25. The first-order chi connectivity index (χ1) is 15.9. The van der Waals surface area contributed by atoms with Gasteiger partial charge in [-0.3, -0.25) is 4.79 Å². The fraction of sp³-hybridized carbons (Fsp3) is 0.542. The summed E-state index contributed by atoms with van der Waals surface area (Å²) in [4.78, 5) is 16.5. The zero-order chi connectivity index (χ0) is 23.4. The smallest absolute Gasteiger partial charge is 0.252 e. The van der Waals surface area contributed by atoms with E-state index in [4.69, 9.17) is 9.47 Å². The second-order valence-electron chi connectivity index (χ2n) is 8.77.